The highest BCUT2D eigenvalue weighted by atomic mass is 32.1. The SMILES string of the molecule is Fc1ccc(/C=N/Nc2ncnc3sc4c(c23)CCN(Cc2ccccc2)C4)cc1. The third-order valence-electron chi connectivity index (χ3n) is 5.22. The zero-order valence-electron chi connectivity index (χ0n) is 16.3. The zero-order chi connectivity index (χ0) is 20.3. The minimum Gasteiger partial charge on any atom is -0.294 e. The predicted molar refractivity (Wildman–Crippen MR) is 119 cm³/mol. The van der Waals surface area contributed by atoms with E-state index in [9.17, 15) is 4.39 Å². The second kappa shape index (κ2) is 8.30. The molecule has 2 aromatic carbocycles. The Bertz CT molecular complexity index is 1190. The van der Waals surface area contributed by atoms with Gasteiger partial charge in [-0.25, -0.2) is 14.4 Å². The van der Waals surface area contributed by atoms with Crippen LogP contribution in [0.3, 0.4) is 0 Å². The number of hydrazone groups is 1. The van der Waals surface area contributed by atoms with Crippen LogP contribution in [0, 0.1) is 5.82 Å². The third-order valence-corrected chi connectivity index (χ3v) is 6.34. The number of hydrogen-bond acceptors (Lipinski definition) is 6. The van der Waals surface area contributed by atoms with Gasteiger partial charge >= 0.3 is 0 Å². The van der Waals surface area contributed by atoms with Crippen LogP contribution in [0.2, 0.25) is 0 Å². The fourth-order valence-corrected chi connectivity index (χ4v) is 4.99. The highest BCUT2D eigenvalue weighted by Crippen LogP contribution is 2.37. The molecule has 7 heteroatoms. The van der Waals surface area contributed by atoms with Gasteiger partial charge in [-0.15, -0.1) is 11.3 Å². The van der Waals surface area contributed by atoms with Crippen LogP contribution < -0.4 is 5.43 Å². The summed E-state index contributed by atoms with van der Waals surface area (Å²) in [5.41, 5.74) is 6.52. The molecule has 1 aliphatic heterocycles. The van der Waals surface area contributed by atoms with Crippen molar-refractivity contribution in [3.63, 3.8) is 0 Å². The van der Waals surface area contributed by atoms with Gasteiger partial charge in [-0.2, -0.15) is 5.10 Å². The summed E-state index contributed by atoms with van der Waals surface area (Å²) < 4.78 is 13.0. The molecule has 0 saturated carbocycles. The number of rotatable bonds is 5. The predicted octanol–water partition coefficient (Wildman–Crippen LogP) is 4.83. The molecule has 5 rings (SSSR count). The van der Waals surface area contributed by atoms with E-state index in [1.54, 1.807) is 36.0 Å². The van der Waals surface area contributed by atoms with Gasteiger partial charge < -0.3 is 0 Å². The summed E-state index contributed by atoms with van der Waals surface area (Å²) in [6.07, 6.45) is 4.20. The molecule has 0 atom stereocenters. The van der Waals surface area contributed by atoms with E-state index in [4.69, 9.17) is 0 Å². The van der Waals surface area contributed by atoms with Gasteiger partial charge in [-0.1, -0.05) is 42.5 Å². The van der Waals surface area contributed by atoms with Crippen LogP contribution in [0.25, 0.3) is 10.2 Å². The average Bonchev–Trinajstić information content (AvgIpc) is 3.14. The minimum absolute atomic E-state index is 0.260. The number of nitrogens with zero attached hydrogens (tertiary/aromatic N) is 4. The number of halogens is 1. The van der Waals surface area contributed by atoms with Crippen molar-refractivity contribution in [1.29, 1.82) is 0 Å². The van der Waals surface area contributed by atoms with Crippen LogP contribution in [0.15, 0.2) is 66.0 Å². The van der Waals surface area contributed by atoms with Crippen molar-refractivity contribution in [2.75, 3.05) is 12.0 Å². The van der Waals surface area contributed by atoms with Crippen molar-refractivity contribution in [3.05, 3.63) is 88.3 Å². The topological polar surface area (TPSA) is 53.4 Å². The van der Waals surface area contributed by atoms with Crippen molar-refractivity contribution < 1.29 is 4.39 Å². The van der Waals surface area contributed by atoms with Gasteiger partial charge in [-0.05, 0) is 35.2 Å². The lowest BCUT2D eigenvalue weighted by Gasteiger charge is -2.26. The molecule has 0 unspecified atom stereocenters. The molecule has 150 valence electrons. The first-order chi connectivity index (χ1) is 14.8. The summed E-state index contributed by atoms with van der Waals surface area (Å²) in [4.78, 5) is 13.7. The molecule has 0 spiro atoms. The van der Waals surface area contributed by atoms with Gasteiger partial charge in [0, 0.05) is 24.5 Å². The maximum atomic E-state index is 13.0. The molecule has 1 aliphatic rings. The lowest BCUT2D eigenvalue weighted by Crippen LogP contribution is -2.29. The van der Waals surface area contributed by atoms with Crippen LogP contribution in [-0.2, 0) is 19.5 Å². The monoisotopic (exact) mass is 417 g/mol. The number of benzene rings is 2. The molecular weight excluding hydrogens is 397 g/mol. The second-order valence-electron chi connectivity index (χ2n) is 7.27. The van der Waals surface area contributed by atoms with E-state index in [-0.39, 0.29) is 5.82 Å². The van der Waals surface area contributed by atoms with Crippen molar-refractivity contribution in [2.45, 2.75) is 19.5 Å². The van der Waals surface area contributed by atoms with Crippen molar-refractivity contribution in [2.24, 2.45) is 5.10 Å². The molecule has 2 aromatic heterocycles. The normalized spacial score (nSPS) is 14.3. The molecule has 0 saturated heterocycles. The Balaban J connectivity index is 1.36. The molecule has 4 aromatic rings. The van der Waals surface area contributed by atoms with Gasteiger partial charge in [-0.3, -0.25) is 10.3 Å². The summed E-state index contributed by atoms with van der Waals surface area (Å²) in [6.45, 7) is 2.87. The Labute approximate surface area is 177 Å². The molecule has 0 amide bonds. The molecule has 1 N–H and O–H groups in total. The van der Waals surface area contributed by atoms with E-state index >= 15 is 0 Å². The van der Waals surface area contributed by atoms with Gasteiger partial charge in [0.2, 0.25) is 0 Å². The quantitative estimate of drug-likeness (QED) is 0.373. The number of fused-ring (bicyclic) bond motifs is 3. The average molecular weight is 418 g/mol. The van der Waals surface area contributed by atoms with E-state index < -0.39 is 0 Å². The van der Waals surface area contributed by atoms with Gasteiger partial charge in [0.1, 0.15) is 17.0 Å². The summed E-state index contributed by atoms with van der Waals surface area (Å²) >= 11 is 1.73. The molecule has 3 heterocycles. The van der Waals surface area contributed by atoms with Crippen molar-refractivity contribution >= 4 is 33.6 Å². The second-order valence-corrected chi connectivity index (χ2v) is 8.36. The summed E-state index contributed by atoms with van der Waals surface area (Å²) in [5.74, 6) is 0.455. The molecule has 0 bridgehead atoms. The first-order valence-electron chi connectivity index (χ1n) is 9.82. The maximum absolute atomic E-state index is 13.0. The largest absolute Gasteiger partial charge is 0.294 e. The summed E-state index contributed by atoms with van der Waals surface area (Å²) in [7, 11) is 0. The first-order valence-corrected chi connectivity index (χ1v) is 10.6. The highest BCUT2D eigenvalue weighted by Gasteiger charge is 2.23. The molecule has 0 radical (unpaired) electrons. The summed E-state index contributed by atoms with van der Waals surface area (Å²) in [5, 5.41) is 5.36. The van der Waals surface area contributed by atoms with Crippen LogP contribution in [0.1, 0.15) is 21.6 Å². The summed E-state index contributed by atoms with van der Waals surface area (Å²) in [6, 6.07) is 16.8. The molecule has 5 nitrogen and oxygen atoms in total. The Morgan fingerprint density at radius 2 is 1.93 bits per heavy atom. The third kappa shape index (κ3) is 3.94. The smallest absolute Gasteiger partial charge is 0.158 e. The standard InChI is InChI=1S/C23H20FN5S/c24-18-8-6-16(7-9-18)12-27-28-22-21-19-10-11-29(13-17-4-2-1-3-5-17)14-20(19)30-23(21)26-15-25-22/h1-9,12,15H,10-11,13-14H2,(H,25,26,28)/b27-12+. The van der Waals surface area contributed by atoms with Crippen molar-refractivity contribution in [1.82, 2.24) is 14.9 Å². The number of aromatic nitrogens is 2. The van der Waals surface area contributed by atoms with Gasteiger partial charge in [0.25, 0.3) is 0 Å². The molecular formula is C23H20FN5S. The lowest BCUT2D eigenvalue weighted by molar-refractivity contribution is 0.249. The number of hydrogen-bond donors (Lipinski definition) is 1. The number of anilines is 1. The van der Waals surface area contributed by atoms with Crippen LogP contribution in [0.5, 0.6) is 0 Å². The fraction of sp³-hybridized carbons (Fsp3) is 0.174. The Hall–Kier alpha value is -3.16. The van der Waals surface area contributed by atoms with Gasteiger partial charge in [0.15, 0.2) is 5.82 Å². The van der Waals surface area contributed by atoms with Crippen LogP contribution in [0.4, 0.5) is 10.2 Å². The Morgan fingerprint density at radius 3 is 2.77 bits per heavy atom. The van der Waals surface area contributed by atoms with Gasteiger partial charge in [0.05, 0.1) is 11.6 Å². The Kier molecular flexibility index (Phi) is 5.21. The van der Waals surface area contributed by atoms with E-state index in [2.05, 4.69) is 55.7 Å². The fourth-order valence-electron chi connectivity index (χ4n) is 3.76. The number of nitrogens with one attached hydrogen (secondary N) is 1. The lowest BCUT2D eigenvalue weighted by atomic mass is 10.0. The first kappa shape index (κ1) is 18.8. The number of thiophene rings is 1. The Morgan fingerprint density at radius 1 is 1.10 bits per heavy atom. The van der Waals surface area contributed by atoms with Crippen LogP contribution in [-0.4, -0.2) is 27.6 Å². The molecule has 0 aliphatic carbocycles. The zero-order valence-corrected chi connectivity index (χ0v) is 17.1. The van der Waals surface area contributed by atoms with Crippen molar-refractivity contribution in [3.8, 4) is 0 Å². The van der Waals surface area contributed by atoms with E-state index in [0.717, 1.165) is 41.8 Å². The molecule has 30 heavy (non-hydrogen) atoms. The van der Waals surface area contributed by atoms with Crippen LogP contribution >= 0.6 is 11.3 Å². The minimum atomic E-state index is -0.260. The molecule has 0 fully saturated rings. The van der Waals surface area contributed by atoms with E-state index in [0.29, 0.717) is 5.82 Å². The van der Waals surface area contributed by atoms with E-state index in [1.165, 1.54) is 28.1 Å². The van der Waals surface area contributed by atoms with E-state index in [1.807, 2.05) is 0 Å². The highest BCUT2D eigenvalue weighted by molar-refractivity contribution is 7.19. The maximum Gasteiger partial charge on any atom is 0.158 e.